The predicted octanol–water partition coefficient (Wildman–Crippen LogP) is 2.26. The molecule has 0 fully saturated rings. The summed E-state index contributed by atoms with van der Waals surface area (Å²) < 4.78 is 26.0. The maximum Gasteiger partial charge on any atom is 0.180 e. The molecule has 2 nitrogen and oxygen atoms in total. The quantitative estimate of drug-likeness (QED) is 0.561. The number of benzene rings is 1. The summed E-state index contributed by atoms with van der Waals surface area (Å²) in [5.41, 5.74) is -0.991. The van der Waals surface area contributed by atoms with E-state index >= 15 is 0 Å². The van der Waals surface area contributed by atoms with Crippen LogP contribution in [0.15, 0.2) is 12.1 Å². The Balaban J connectivity index is 3.38. The summed E-state index contributed by atoms with van der Waals surface area (Å²) in [6.45, 7) is 0. The van der Waals surface area contributed by atoms with E-state index in [1.165, 1.54) is 6.07 Å². The smallest absolute Gasteiger partial charge is 0.180 e. The van der Waals surface area contributed by atoms with Gasteiger partial charge in [-0.2, -0.15) is 5.26 Å². The number of hydrogen-bond donors (Lipinski definition) is 0. The van der Waals surface area contributed by atoms with Crippen molar-refractivity contribution in [1.29, 1.82) is 5.26 Å². The van der Waals surface area contributed by atoms with E-state index in [1.54, 1.807) is 0 Å². The molecule has 72 valence electrons. The zero-order valence-electron chi connectivity index (χ0n) is 6.85. The molecule has 5 heteroatoms. The van der Waals surface area contributed by atoms with Gasteiger partial charge in [-0.1, -0.05) is 0 Å². The van der Waals surface area contributed by atoms with Gasteiger partial charge in [0.2, 0.25) is 0 Å². The highest BCUT2D eigenvalue weighted by molar-refractivity contribution is 6.30. The van der Waals surface area contributed by atoms with Gasteiger partial charge in [-0.25, -0.2) is 8.78 Å². The highest BCUT2D eigenvalue weighted by atomic mass is 35.5. The summed E-state index contributed by atoms with van der Waals surface area (Å²) >= 11 is 5.18. The molecule has 0 bridgehead atoms. The van der Waals surface area contributed by atoms with Crippen LogP contribution in [-0.2, 0) is 0 Å². The van der Waals surface area contributed by atoms with E-state index in [0.29, 0.717) is 0 Å². The lowest BCUT2D eigenvalue weighted by Crippen LogP contribution is -2.06. The van der Waals surface area contributed by atoms with Crippen molar-refractivity contribution in [2.75, 3.05) is 5.88 Å². The largest absolute Gasteiger partial charge is 0.293 e. The fourth-order valence-electron chi connectivity index (χ4n) is 0.945. The predicted molar refractivity (Wildman–Crippen MR) is 46.1 cm³/mol. The number of halogens is 3. The van der Waals surface area contributed by atoms with Crippen LogP contribution >= 0.6 is 11.6 Å². The number of hydrogen-bond acceptors (Lipinski definition) is 2. The Kier molecular flexibility index (Phi) is 3.15. The van der Waals surface area contributed by atoms with Gasteiger partial charge in [0, 0.05) is 0 Å². The van der Waals surface area contributed by atoms with Crippen LogP contribution in [0.4, 0.5) is 8.78 Å². The average molecular weight is 216 g/mol. The van der Waals surface area contributed by atoms with Crippen molar-refractivity contribution in [3.63, 3.8) is 0 Å². The summed E-state index contributed by atoms with van der Waals surface area (Å²) in [5.74, 6) is -3.07. The third-order valence-corrected chi connectivity index (χ3v) is 1.82. The summed E-state index contributed by atoms with van der Waals surface area (Å²) in [7, 11) is 0. The normalized spacial score (nSPS) is 9.57. The number of carbonyl (C=O) groups excluding carboxylic acids is 1. The molecule has 0 aliphatic carbocycles. The van der Waals surface area contributed by atoms with Crippen molar-refractivity contribution in [1.82, 2.24) is 0 Å². The first-order valence-electron chi connectivity index (χ1n) is 3.58. The maximum absolute atomic E-state index is 13.2. The molecule has 0 amide bonds. The monoisotopic (exact) mass is 215 g/mol. The Morgan fingerprint density at radius 3 is 2.64 bits per heavy atom. The van der Waals surface area contributed by atoms with Crippen molar-refractivity contribution in [2.24, 2.45) is 0 Å². The zero-order chi connectivity index (χ0) is 10.7. The fourth-order valence-corrected chi connectivity index (χ4v) is 1.09. The molecule has 0 aliphatic heterocycles. The van der Waals surface area contributed by atoms with Gasteiger partial charge in [-0.15, -0.1) is 11.6 Å². The van der Waals surface area contributed by atoms with Gasteiger partial charge in [-0.05, 0) is 12.1 Å². The molecule has 0 saturated heterocycles. The molecule has 1 aromatic carbocycles. The minimum atomic E-state index is -1.03. The Labute approximate surface area is 83.7 Å². The van der Waals surface area contributed by atoms with Gasteiger partial charge < -0.3 is 0 Å². The van der Waals surface area contributed by atoms with E-state index < -0.39 is 34.4 Å². The summed E-state index contributed by atoms with van der Waals surface area (Å²) in [6, 6.07) is 2.89. The molecule has 0 radical (unpaired) electrons. The Morgan fingerprint density at radius 2 is 2.14 bits per heavy atom. The molecular weight excluding hydrogens is 212 g/mol. The second-order valence-electron chi connectivity index (χ2n) is 2.48. The molecule has 0 aliphatic rings. The van der Waals surface area contributed by atoms with Gasteiger partial charge in [0.15, 0.2) is 11.6 Å². The van der Waals surface area contributed by atoms with E-state index in [-0.39, 0.29) is 0 Å². The number of Topliss-reactive ketones (excluding diaryl/α,β-unsaturated/α-hetero) is 1. The number of carbonyl (C=O) groups is 1. The van der Waals surface area contributed by atoms with E-state index in [0.717, 1.165) is 12.1 Å². The van der Waals surface area contributed by atoms with Crippen LogP contribution in [0.3, 0.4) is 0 Å². The number of alkyl halides is 1. The topological polar surface area (TPSA) is 40.9 Å². The molecule has 0 atom stereocenters. The molecule has 0 aromatic heterocycles. The SMILES string of the molecule is N#Cc1cc(F)cc(C(=O)CCl)c1F. The molecule has 1 rings (SSSR count). The Bertz CT molecular complexity index is 426. The first-order valence-corrected chi connectivity index (χ1v) is 4.12. The lowest BCUT2D eigenvalue weighted by molar-refractivity contribution is 0.101. The number of nitriles is 1. The van der Waals surface area contributed by atoms with Gasteiger partial charge in [0.1, 0.15) is 11.9 Å². The molecule has 0 N–H and O–H groups in total. The summed E-state index contributed by atoms with van der Waals surface area (Å²) in [4.78, 5) is 11.0. The van der Waals surface area contributed by atoms with Crippen molar-refractivity contribution >= 4 is 17.4 Å². The number of ketones is 1. The molecule has 0 heterocycles. The van der Waals surface area contributed by atoms with E-state index in [2.05, 4.69) is 0 Å². The Morgan fingerprint density at radius 1 is 1.50 bits per heavy atom. The molecule has 1 aromatic rings. The standard InChI is InChI=1S/C9H4ClF2NO/c10-3-8(14)7-2-6(11)1-5(4-13)9(7)12/h1-2H,3H2. The van der Waals surface area contributed by atoms with Crippen LogP contribution < -0.4 is 0 Å². The van der Waals surface area contributed by atoms with Crippen LogP contribution in [0.5, 0.6) is 0 Å². The summed E-state index contributed by atoms with van der Waals surface area (Å²) in [6.07, 6.45) is 0. The maximum atomic E-state index is 13.2. The third kappa shape index (κ3) is 1.88. The second-order valence-corrected chi connectivity index (χ2v) is 2.75. The van der Waals surface area contributed by atoms with E-state index in [1.807, 2.05) is 0 Å². The lowest BCUT2D eigenvalue weighted by atomic mass is 10.1. The first kappa shape index (κ1) is 10.6. The van der Waals surface area contributed by atoms with E-state index in [4.69, 9.17) is 16.9 Å². The molecule has 0 unspecified atom stereocenters. The minimum absolute atomic E-state index is 0.453. The van der Waals surface area contributed by atoms with Crippen molar-refractivity contribution in [2.45, 2.75) is 0 Å². The zero-order valence-corrected chi connectivity index (χ0v) is 7.61. The van der Waals surface area contributed by atoms with Gasteiger partial charge >= 0.3 is 0 Å². The van der Waals surface area contributed by atoms with Gasteiger partial charge in [0.05, 0.1) is 17.0 Å². The fraction of sp³-hybridized carbons (Fsp3) is 0.111. The molecule has 14 heavy (non-hydrogen) atoms. The number of rotatable bonds is 2. The average Bonchev–Trinajstić information content (AvgIpc) is 2.19. The second kappa shape index (κ2) is 4.16. The highest BCUT2D eigenvalue weighted by Gasteiger charge is 2.16. The van der Waals surface area contributed by atoms with Gasteiger partial charge in [0.25, 0.3) is 0 Å². The third-order valence-electron chi connectivity index (χ3n) is 1.58. The van der Waals surface area contributed by atoms with E-state index in [9.17, 15) is 13.6 Å². The molecule has 0 saturated carbocycles. The van der Waals surface area contributed by atoms with Crippen LogP contribution in [0.25, 0.3) is 0 Å². The van der Waals surface area contributed by atoms with Crippen molar-refractivity contribution in [3.05, 3.63) is 34.9 Å². The number of nitrogens with zero attached hydrogens (tertiary/aromatic N) is 1. The first-order chi connectivity index (χ1) is 6.60. The van der Waals surface area contributed by atoms with Crippen LogP contribution in [-0.4, -0.2) is 11.7 Å². The highest BCUT2D eigenvalue weighted by Crippen LogP contribution is 2.15. The Hall–Kier alpha value is -1.47. The van der Waals surface area contributed by atoms with Crippen LogP contribution in [0.1, 0.15) is 15.9 Å². The lowest BCUT2D eigenvalue weighted by Gasteiger charge is -2.01. The van der Waals surface area contributed by atoms with Crippen LogP contribution in [0, 0.1) is 23.0 Å². The van der Waals surface area contributed by atoms with Crippen LogP contribution in [0.2, 0.25) is 0 Å². The van der Waals surface area contributed by atoms with Crippen molar-refractivity contribution in [3.8, 4) is 6.07 Å². The van der Waals surface area contributed by atoms with Crippen molar-refractivity contribution < 1.29 is 13.6 Å². The molecule has 0 spiro atoms. The van der Waals surface area contributed by atoms with Gasteiger partial charge in [-0.3, -0.25) is 4.79 Å². The summed E-state index contributed by atoms with van der Waals surface area (Å²) in [5, 5.41) is 8.42. The molecular formula is C9H4ClF2NO. The minimum Gasteiger partial charge on any atom is -0.293 e.